The van der Waals surface area contributed by atoms with Crippen LogP contribution in [0.2, 0.25) is 0 Å². The third kappa shape index (κ3) is 5.07. The predicted octanol–water partition coefficient (Wildman–Crippen LogP) is 3.71. The second kappa shape index (κ2) is 7.34. The second-order valence-corrected chi connectivity index (χ2v) is 5.96. The molecule has 0 spiro atoms. The van der Waals surface area contributed by atoms with E-state index in [1.807, 2.05) is 39.8 Å². The van der Waals surface area contributed by atoms with Gasteiger partial charge in [0, 0.05) is 16.9 Å². The number of ketones is 1. The van der Waals surface area contributed by atoms with Crippen LogP contribution in [0.5, 0.6) is 0 Å². The molecule has 0 aliphatic heterocycles. The average molecular weight is 280 g/mol. The van der Waals surface area contributed by atoms with Gasteiger partial charge in [0.05, 0.1) is 6.10 Å². The fraction of sp³-hybridized carbons (Fsp3) is 0.467. The summed E-state index contributed by atoms with van der Waals surface area (Å²) < 4.78 is 5.15. The van der Waals surface area contributed by atoms with Crippen molar-refractivity contribution in [2.75, 3.05) is 0 Å². The fourth-order valence-corrected chi connectivity index (χ4v) is 2.36. The van der Waals surface area contributed by atoms with E-state index in [-0.39, 0.29) is 23.1 Å². The third-order valence-corrected chi connectivity index (χ3v) is 3.58. The van der Waals surface area contributed by atoms with E-state index in [1.54, 1.807) is 12.1 Å². The summed E-state index contributed by atoms with van der Waals surface area (Å²) >= 11 is 1.44. The van der Waals surface area contributed by atoms with Crippen LogP contribution in [-0.2, 0) is 9.53 Å². The van der Waals surface area contributed by atoms with Gasteiger partial charge in [-0.2, -0.15) is 0 Å². The molecule has 3 nitrogen and oxygen atoms in total. The SMILES string of the molecule is CCC(=O)c1ccc(SC(C)C(=O)OC(C)C)cc1. The Morgan fingerprint density at radius 3 is 2.21 bits per heavy atom. The molecule has 1 atom stereocenters. The Morgan fingerprint density at radius 2 is 1.74 bits per heavy atom. The van der Waals surface area contributed by atoms with Crippen molar-refractivity contribution in [3.63, 3.8) is 0 Å². The number of thioether (sulfide) groups is 1. The number of hydrogen-bond acceptors (Lipinski definition) is 4. The Kier molecular flexibility index (Phi) is 6.09. The van der Waals surface area contributed by atoms with E-state index in [0.29, 0.717) is 12.0 Å². The first-order valence-electron chi connectivity index (χ1n) is 6.44. The molecular formula is C15H20O3S. The molecule has 1 aromatic rings. The molecule has 4 heteroatoms. The van der Waals surface area contributed by atoms with Crippen LogP contribution in [0.4, 0.5) is 0 Å². The van der Waals surface area contributed by atoms with E-state index in [0.717, 1.165) is 4.90 Å². The van der Waals surface area contributed by atoms with Gasteiger partial charge in [-0.25, -0.2) is 0 Å². The Labute approximate surface area is 118 Å². The van der Waals surface area contributed by atoms with E-state index < -0.39 is 0 Å². The normalized spacial score (nSPS) is 12.3. The molecule has 0 saturated carbocycles. The number of carbonyl (C=O) groups is 2. The molecule has 0 heterocycles. The maximum atomic E-state index is 11.7. The number of ether oxygens (including phenoxy) is 1. The zero-order chi connectivity index (χ0) is 14.4. The van der Waals surface area contributed by atoms with Gasteiger partial charge in [-0.05, 0) is 32.9 Å². The van der Waals surface area contributed by atoms with Crippen LogP contribution in [-0.4, -0.2) is 23.1 Å². The quantitative estimate of drug-likeness (QED) is 0.452. The predicted molar refractivity (Wildman–Crippen MR) is 77.6 cm³/mol. The van der Waals surface area contributed by atoms with Gasteiger partial charge in [0.1, 0.15) is 5.25 Å². The molecule has 0 aromatic heterocycles. The molecule has 104 valence electrons. The van der Waals surface area contributed by atoms with Crippen molar-refractivity contribution in [1.29, 1.82) is 0 Å². The van der Waals surface area contributed by atoms with Crippen LogP contribution in [0.1, 0.15) is 44.5 Å². The molecule has 19 heavy (non-hydrogen) atoms. The molecule has 0 aliphatic rings. The number of carbonyl (C=O) groups excluding carboxylic acids is 2. The van der Waals surface area contributed by atoms with Gasteiger partial charge in [0.25, 0.3) is 0 Å². The summed E-state index contributed by atoms with van der Waals surface area (Å²) in [6.45, 7) is 7.33. The van der Waals surface area contributed by atoms with Gasteiger partial charge in [0.15, 0.2) is 5.78 Å². The Bertz CT molecular complexity index is 437. The minimum absolute atomic E-state index is 0.0971. The lowest BCUT2D eigenvalue weighted by atomic mass is 10.1. The Balaban J connectivity index is 2.62. The van der Waals surface area contributed by atoms with Gasteiger partial charge in [0.2, 0.25) is 0 Å². The molecule has 0 N–H and O–H groups in total. The largest absolute Gasteiger partial charge is 0.462 e. The first kappa shape index (κ1) is 15.8. The summed E-state index contributed by atoms with van der Waals surface area (Å²) in [4.78, 5) is 24.1. The minimum atomic E-state index is -0.255. The van der Waals surface area contributed by atoms with Crippen molar-refractivity contribution >= 4 is 23.5 Å². The highest BCUT2D eigenvalue weighted by molar-refractivity contribution is 8.00. The van der Waals surface area contributed by atoms with Crippen molar-refractivity contribution in [1.82, 2.24) is 0 Å². The van der Waals surface area contributed by atoms with Gasteiger partial charge in [-0.1, -0.05) is 19.1 Å². The van der Waals surface area contributed by atoms with Gasteiger partial charge in [-0.15, -0.1) is 11.8 Å². The lowest BCUT2D eigenvalue weighted by Crippen LogP contribution is -2.20. The molecule has 0 aliphatic carbocycles. The highest BCUT2D eigenvalue weighted by atomic mass is 32.2. The van der Waals surface area contributed by atoms with E-state index >= 15 is 0 Å². The summed E-state index contributed by atoms with van der Waals surface area (Å²) in [5, 5.41) is -0.255. The van der Waals surface area contributed by atoms with E-state index in [2.05, 4.69) is 0 Å². The molecule has 1 aromatic carbocycles. The molecule has 1 unspecified atom stereocenters. The van der Waals surface area contributed by atoms with Crippen LogP contribution in [0.3, 0.4) is 0 Å². The van der Waals surface area contributed by atoms with Crippen LogP contribution in [0, 0.1) is 0 Å². The standard InChI is InChI=1S/C15H20O3S/c1-5-14(16)12-6-8-13(9-7-12)19-11(4)15(17)18-10(2)3/h6-11H,5H2,1-4H3. The summed E-state index contributed by atoms with van der Waals surface area (Å²) in [6.07, 6.45) is 0.406. The highest BCUT2D eigenvalue weighted by Crippen LogP contribution is 2.24. The van der Waals surface area contributed by atoms with Crippen molar-refractivity contribution < 1.29 is 14.3 Å². The monoisotopic (exact) mass is 280 g/mol. The van der Waals surface area contributed by atoms with Crippen LogP contribution < -0.4 is 0 Å². The maximum absolute atomic E-state index is 11.7. The van der Waals surface area contributed by atoms with Crippen molar-refractivity contribution in [2.24, 2.45) is 0 Å². The van der Waals surface area contributed by atoms with Crippen LogP contribution in [0.15, 0.2) is 29.2 Å². The lowest BCUT2D eigenvalue weighted by molar-refractivity contribution is -0.146. The van der Waals surface area contributed by atoms with E-state index in [9.17, 15) is 9.59 Å². The summed E-state index contributed by atoms with van der Waals surface area (Å²) in [5.41, 5.74) is 0.712. The number of hydrogen-bond donors (Lipinski definition) is 0. The Morgan fingerprint density at radius 1 is 1.16 bits per heavy atom. The number of esters is 1. The second-order valence-electron chi connectivity index (χ2n) is 4.55. The number of rotatable bonds is 6. The first-order chi connectivity index (χ1) is 8.93. The molecule has 0 saturated heterocycles. The molecule has 0 radical (unpaired) electrons. The van der Waals surface area contributed by atoms with E-state index in [1.165, 1.54) is 11.8 Å². The number of benzene rings is 1. The topological polar surface area (TPSA) is 43.4 Å². The smallest absolute Gasteiger partial charge is 0.319 e. The van der Waals surface area contributed by atoms with Crippen LogP contribution >= 0.6 is 11.8 Å². The maximum Gasteiger partial charge on any atom is 0.319 e. The third-order valence-electron chi connectivity index (χ3n) is 2.49. The van der Waals surface area contributed by atoms with E-state index in [4.69, 9.17) is 4.74 Å². The van der Waals surface area contributed by atoms with Crippen molar-refractivity contribution in [3.8, 4) is 0 Å². The minimum Gasteiger partial charge on any atom is -0.462 e. The highest BCUT2D eigenvalue weighted by Gasteiger charge is 2.17. The summed E-state index contributed by atoms with van der Waals surface area (Å²) in [5.74, 6) is -0.0856. The van der Waals surface area contributed by atoms with Crippen molar-refractivity contribution in [3.05, 3.63) is 29.8 Å². The summed E-state index contributed by atoms with van der Waals surface area (Å²) in [7, 11) is 0. The lowest BCUT2D eigenvalue weighted by Gasteiger charge is -2.13. The fourth-order valence-electron chi connectivity index (χ4n) is 1.50. The molecule has 0 bridgehead atoms. The zero-order valence-electron chi connectivity index (χ0n) is 11.8. The first-order valence-corrected chi connectivity index (χ1v) is 7.32. The summed E-state index contributed by atoms with van der Waals surface area (Å²) in [6, 6.07) is 7.34. The molecule has 0 amide bonds. The van der Waals surface area contributed by atoms with Crippen molar-refractivity contribution in [2.45, 2.75) is 50.4 Å². The zero-order valence-corrected chi connectivity index (χ0v) is 12.6. The number of Topliss-reactive ketones (excluding diaryl/α,β-unsaturated/α-hetero) is 1. The van der Waals surface area contributed by atoms with Gasteiger partial charge < -0.3 is 4.74 Å². The molecule has 1 rings (SSSR count). The van der Waals surface area contributed by atoms with Crippen LogP contribution in [0.25, 0.3) is 0 Å². The Hall–Kier alpha value is -1.29. The molecular weight excluding hydrogens is 260 g/mol. The van der Waals surface area contributed by atoms with Gasteiger partial charge >= 0.3 is 5.97 Å². The molecule has 0 fully saturated rings. The van der Waals surface area contributed by atoms with Gasteiger partial charge in [-0.3, -0.25) is 9.59 Å². The average Bonchev–Trinajstić information content (AvgIpc) is 2.37.